The molecule has 2 aliphatic rings. The average molecular weight is 1160 g/mol. The molecule has 0 radical (unpaired) electrons. The summed E-state index contributed by atoms with van der Waals surface area (Å²) >= 11 is 34.2. The zero-order chi connectivity index (χ0) is 44.5. The van der Waals surface area contributed by atoms with Gasteiger partial charge >= 0.3 is 46.8 Å². The van der Waals surface area contributed by atoms with Crippen LogP contribution in [0.15, 0.2) is 157 Å². The van der Waals surface area contributed by atoms with Crippen LogP contribution < -0.4 is 24.8 Å². The molecule has 0 heterocycles. The largest absolute Gasteiger partial charge is 4.00 e. The van der Waals surface area contributed by atoms with E-state index < -0.39 is 20.6 Å². The molecular weight excluding hydrogens is 1120 g/mol. The van der Waals surface area contributed by atoms with Gasteiger partial charge < -0.3 is 34.4 Å². The number of hydrogen-bond donors (Lipinski definition) is 2. The maximum Gasteiger partial charge on any atom is 4.00 e. The van der Waals surface area contributed by atoms with Crippen molar-refractivity contribution in [3.8, 4) is 0 Å². The molecule has 0 fully saturated rings. The van der Waals surface area contributed by atoms with Gasteiger partial charge in [0.05, 0.1) is 0 Å². The molecule has 8 aromatic carbocycles. The van der Waals surface area contributed by atoms with Crippen molar-refractivity contribution in [3.63, 3.8) is 0 Å². The van der Waals surface area contributed by atoms with Gasteiger partial charge in [-0.3, -0.25) is 0 Å². The first kappa shape index (κ1) is 55.2. The predicted molar refractivity (Wildman–Crippen MR) is 283 cm³/mol. The van der Waals surface area contributed by atoms with Gasteiger partial charge in [-0.15, -0.1) is 148 Å². The number of halogens is 8. The van der Waals surface area contributed by atoms with Crippen LogP contribution in [0.2, 0.25) is 24.2 Å². The smallest absolute Gasteiger partial charge is 1.00 e. The van der Waals surface area contributed by atoms with Crippen LogP contribution in [-0.2, 0) is 26.2 Å². The summed E-state index contributed by atoms with van der Waals surface area (Å²) in [4.78, 5) is 19.5. The van der Waals surface area contributed by atoms with Gasteiger partial charge in [-0.25, -0.2) is 0 Å². The molecule has 0 bridgehead atoms. The van der Waals surface area contributed by atoms with Crippen LogP contribution in [0.5, 0.6) is 0 Å². The molecular formula is C52H48Cl8O2Si3Zr. The number of allylic oxidation sites excluding steroid dienone is 2. The van der Waals surface area contributed by atoms with Crippen molar-refractivity contribution in [3.05, 3.63) is 190 Å². The first-order chi connectivity index (χ1) is 30.0. The molecule has 14 heteroatoms. The monoisotopic (exact) mass is 1160 g/mol. The van der Waals surface area contributed by atoms with Gasteiger partial charge in [-0.2, -0.15) is 12.1 Å². The van der Waals surface area contributed by atoms with Crippen LogP contribution in [-0.4, -0.2) is 30.2 Å². The SMILES string of the molecule is CC1=Cc2c(ccc3ccccc23)C1c1cc2ccccc2[cH-]1.CC1=Cc2c(ccc3ccccc23)C1c1cc2ccccc2[cH-]1.O[Si](O)(CCC[Si](Cl)(Cl)Cl)CCC[Si](Cl)(Cl)Cl.[Cl-].[Cl-].[Zr+4]. The van der Waals surface area contributed by atoms with Crippen molar-refractivity contribution in [2.45, 2.75) is 62.7 Å². The molecule has 10 rings (SSSR count). The summed E-state index contributed by atoms with van der Waals surface area (Å²) in [5, 5.41) is 10.7. The molecule has 0 saturated heterocycles. The second kappa shape index (κ2) is 23.5. The Labute approximate surface area is 451 Å². The Hall–Kier alpha value is -1.69. The van der Waals surface area contributed by atoms with Crippen LogP contribution in [0, 0.1) is 0 Å². The Morgan fingerprint density at radius 3 is 1.18 bits per heavy atom. The first-order valence-electron chi connectivity index (χ1n) is 21.3. The second-order valence-electron chi connectivity index (χ2n) is 17.0. The normalized spacial score (nSPS) is 15.3. The van der Waals surface area contributed by atoms with Gasteiger partial charge in [-0.1, -0.05) is 121 Å². The predicted octanol–water partition coefficient (Wildman–Crippen LogP) is 11.0. The zero-order valence-corrected chi connectivity index (χ0v) is 47.8. The Balaban J connectivity index is 0.000000185. The summed E-state index contributed by atoms with van der Waals surface area (Å²) in [6, 6.07) is 49.3. The average Bonchev–Trinajstić information content (AvgIpc) is 4.01. The molecule has 2 unspecified atom stereocenters. The summed E-state index contributed by atoms with van der Waals surface area (Å²) in [6.07, 6.45) is 5.79. The fraction of sp³-hybridized carbons (Fsp3) is 0.192. The van der Waals surface area contributed by atoms with Gasteiger partial charge in [0.25, 0.3) is 0 Å². The molecule has 2 N–H and O–H groups in total. The topological polar surface area (TPSA) is 40.5 Å². The third-order valence-electron chi connectivity index (χ3n) is 12.3. The molecule has 2 aliphatic carbocycles. The number of fused-ring (bicyclic) bond motifs is 8. The van der Waals surface area contributed by atoms with Crippen LogP contribution in [0.25, 0.3) is 55.2 Å². The molecule has 8 aromatic rings. The van der Waals surface area contributed by atoms with Crippen molar-refractivity contribution < 1.29 is 60.6 Å². The molecule has 0 amide bonds. The van der Waals surface area contributed by atoms with E-state index in [0.29, 0.717) is 48.9 Å². The molecule has 66 heavy (non-hydrogen) atoms. The van der Waals surface area contributed by atoms with Gasteiger partial charge in [0.1, 0.15) is 0 Å². The molecule has 0 aromatic heterocycles. The maximum atomic E-state index is 9.77. The van der Waals surface area contributed by atoms with Crippen LogP contribution >= 0.6 is 66.5 Å². The van der Waals surface area contributed by atoms with Gasteiger partial charge in [-0.05, 0) is 81.8 Å². The van der Waals surface area contributed by atoms with Crippen molar-refractivity contribution >= 4 is 142 Å². The van der Waals surface area contributed by atoms with Crippen molar-refractivity contribution in [2.24, 2.45) is 0 Å². The van der Waals surface area contributed by atoms with Gasteiger partial charge in [0.15, 0.2) is 0 Å². The fourth-order valence-corrected chi connectivity index (χ4v) is 15.4. The summed E-state index contributed by atoms with van der Waals surface area (Å²) in [7, 11) is -3.21. The van der Waals surface area contributed by atoms with E-state index in [-0.39, 0.29) is 51.0 Å². The van der Waals surface area contributed by atoms with Crippen molar-refractivity contribution in [2.75, 3.05) is 0 Å². The second-order valence-corrected chi connectivity index (χ2v) is 38.5. The van der Waals surface area contributed by atoms with Crippen LogP contribution in [0.3, 0.4) is 0 Å². The van der Waals surface area contributed by atoms with Crippen molar-refractivity contribution in [1.82, 2.24) is 0 Å². The number of benzene rings is 6. The first-order valence-corrected chi connectivity index (χ1v) is 34.1. The van der Waals surface area contributed by atoms with Gasteiger partial charge in [0, 0.05) is 11.8 Å². The van der Waals surface area contributed by atoms with E-state index in [4.69, 9.17) is 66.5 Å². The van der Waals surface area contributed by atoms with E-state index >= 15 is 0 Å². The fourth-order valence-electron chi connectivity index (χ4n) is 9.40. The maximum absolute atomic E-state index is 9.77. The minimum atomic E-state index is -3.21. The van der Waals surface area contributed by atoms with E-state index in [0.717, 1.165) is 0 Å². The van der Waals surface area contributed by atoms with E-state index in [1.165, 1.54) is 87.6 Å². The van der Waals surface area contributed by atoms with E-state index in [1.54, 1.807) is 0 Å². The zero-order valence-electron chi connectivity index (χ0n) is 36.3. The summed E-state index contributed by atoms with van der Waals surface area (Å²) in [6.45, 7) is 4.52. The minimum absolute atomic E-state index is 0. The van der Waals surface area contributed by atoms with Gasteiger partial charge in [0.2, 0.25) is 0 Å². The third-order valence-corrected chi connectivity index (χ3v) is 19.9. The van der Waals surface area contributed by atoms with E-state index in [1.807, 2.05) is 0 Å². The third kappa shape index (κ3) is 13.4. The summed E-state index contributed by atoms with van der Waals surface area (Å²) in [5.74, 6) is 0.781. The Morgan fingerprint density at radius 2 is 0.818 bits per heavy atom. The quantitative estimate of drug-likeness (QED) is 0.0814. The standard InChI is InChI=1S/2C23H17.C6H14Cl6O2Si3.2ClH.Zr/c2*1-15-12-22-20-9-5-4-6-16(20)10-11-21(22)23(15)19-13-17-7-2-3-8-18(17)14-19;7-16(8,9)5-1-3-15(13,14)4-2-6-17(10,11)12;;;/h2*2-14,23H,1H3;13-14H,1-6H2;2*1H;/q2*-1;;;;+4/p-2. The van der Waals surface area contributed by atoms with Crippen LogP contribution in [0.4, 0.5) is 0 Å². The Kier molecular flexibility index (Phi) is 19.7. The molecule has 0 spiro atoms. The summed E-state index contributed by atoms with van der Waals surface area (Å²) in [5.41, 5.74) is 11.4. The van der Waals surface area contributed by atoms with Crippen molar-refractivity contribution in [1.29, 1.82) is 0 Å². The minimum Gasteiger partial charge on any atom is -1.00 e. The van der Waals surface area contributed by atoms with E-state index in [2.05, 4.69) is 172 Å². The molecule has 2 nitrogen and oxygen atoms in total. The molecule has 2 atom stereocenters. The summed E-state index contributed by atoms with van der Waals surface area (Å²) < 4.78 is 0. The number of hydrogen-bond acceptors (Lipinski definition) is 2. The molecule has 0 aliphatic heterocycles. The van der Waals surface area contributed by atoms with Crippen LogP contribution in [0.1, 0.15) is 71.9 Å². The Bertz CT molecular complexity index is 2720. The number of rotatable bonds is 10. The Morgan fingerprint density at radius 1 is 0.470 bits per heavy atom. The molecule has 0 saturated carbocycles. The van der Waals surface area contributed by atoms with E-state index in [9.17, 15) is 9.59 Å². The molecule has 340 valence electrons.